The molecular formula is C66H92BN3O. The minimum Gasteiger partial charge on any atom is -0.470 e. The second-order valence-electron chi connectivity index (χ2n) is 23.9. The van der Waals surface area contributed by atoms with Crippen LogP contribution in [0.5, 0.6) is 0 Å². The van der Waals surface area contributed by atoms with Crippen LogP contribution in [0.15, 0.2) is 190 Å². The van der Waals surface area contributed by atoms with Crippen molar-refractivity contribution in [3.8, 4) is 0 Å². The fourth-order valence-electron chi connectivity index (χ4n) is 9.64. The Balaban J connectivity index is 2.21. The molecule has 1 aromatic heterocycles. The van der Waals surface area contributed by atoms with E-state index in [2.05, 4.69) is 269 Å². The molecule has 0 spiro atoms. The second kappa shape index (κ2) is 24.2. The maximum absolute atomic E-state index is 7.26. The fraction of sp³-hybridized carbons (Fsp3) is 0.424. The van der Waals surface area contributed by atoms with Gasteiger partial charge in [-0.1, -0.05) is 181 Å². The number of hydrogen-bond donors (Lipinski definition) is 2. The fourth-order valence-corrected chi connectivity index (χ4v) is 9.64. The Morgan fingerprint density at radius 2 is 1.38 bits per heavy atom. The van der Waals surface area contributed by atoms with Gasteiger partial charge in [-0.3, -0.25) is 0 Å². The van der Waals surface area contributed by atoms with Gasteiger partial charge in [-0.05, 0) is 176 Å². The predicted molar refractivity (Wildman–Crippen MR) is 317 cm³/mol. The van der Waals surface area contributed by atoms with Crippen molar-refractivity contribution in [3.05, 3.63) is 202 Å². The highest BCUT2D eigenvalue weighted by atomic mass is 16.3. The lowest BCUT2D eigenvalue weighted by molar-refractivity contribution is 0.332. The molecule has 2 N–H and O–H groups in total. The lowest BCUT2D eigenvalue weighted by Crippen LogP contribution is -2.39. The van der Waals surface area contributed by atoms with Gasteiger partial charge in [0.2, 0.25) is 0 Å². The van der Waals surface area contributed by atoms with E-state index in [9.17, 15) is 0 Å². The van der Waals surface area contributed by atoms with Gasteiger partial charge in [-0.15, -0.1) is 0 Å². The summed E-state index contributed by atoms with van der Waals surface area (Å²) < 4.78 is 7.26. The summed E-state index contributed by atoms with van der Waals surface area (Å²) in [5, 5.41) is 9.03. The van der Waals surface area contributed by atoms with Gasteiger partial charge in [0.05, 0.1) is 5.66 Å². The van der Waals surface area contributed by atoms with Crippen LogP contribution in [-0.2, 0) is 16.2 Å². The van der Waals surface area contributed by atoms with Crippen molar-refractivity contribution in [1.29, 1.82) is 0 Å². The molecule has 0 radical (unpaired) electrons. The highest BCUT2D eigenvalue weighted by molar-refractivity contribution is 6.86. The lowest BCUT2D eigenvalue weighted by Gasteiger charge is -2.41. The van der Waals surface area contributed by atoms with Crippen molar-refractivity contribution in [2.75, 3.05) is 18.4 Å². The number of allylic oxidation sites excluding steroid dienone is 17. The number of anilines is 1. The molecule has 4 rings (SSSR count). The number of hydrogen-bond acceptors (Lipinski definition) is 4. The maximum Gasteiger partial charge on any atom is 0.287 e. The third kappa shape index (κ3) is 14.9. The SMILES string of the molecule is C=C/C(=C(\C=C\NC/C(B(C(/C=C\C)=C/C)c1cc2cc3c(cc2o1)C(C)(C)CCC3(C)C)=C(\C=C(/C)N(C/C=C\C(C)=C/C)/C(C=C)=C/C=C/C)Nc1ccc(C(C)(C)C)cc1)C(C)(C)C)C(C)(C)C. The van der Waals surface area contributed by atoms with E-state index in [-0.39, 0.29) is 33.8 Å². The van der Waals surface area contributed by atoms with Crippen LogP contribution in [0.1, 0.15) is 161 Å². The Morgan fingerprint density at radius 1 is 0.761 bits per heavy atom. The molecule has 1 heterocycles. The summed E-state index contributed by atoms with van der Waals surface area (Å²) in [4.78, 5) is 2.33. The first-order chi connectivity index (χ1) is 33.2. The third-order valence-corrected chi connectivity index (χ3v) is 14.2. The first kappa shape index (κ1) is 57.9. The van der Waals surface area contributed by atoms with Gasteiger partial charge >= 0.3 is 0 Å². The Kier molecular flexibility index (Phi) is 19.7. The topological polar surface area (TPSA) is 40.4 Å². The van der Waals surface area contributed by atoms with Gasteiger partial charge in [-0.25, -0.2) is 0 Å². The molecular weight excluding hydrogens is 862 g/mol. The average Bonchev–Trinajstić information content (AvgIpc) is 3.71. The van der Waals surface area contributed by atoms with Gasteiger partial charge in [0.1, 0.15) is 5.58 Å². The largest absolute Gasteiger partial charge is 0.470 e. The molecule has 0 saturated heterocycles. The van der Waals surface area contributed by atoms with Crippen LogP contribution in [0.25, 0.3) is 11.0 Å². The van der Waals surface area contributed by atoms with Crippen LogP contribution >= 0.6 is 0 Å². The molecule has 0 atom stereocenters. The van der Waals surface area contributed by atoms with E-state index in [1.807, 2.05) is 19.1 Å². The van der Waals surface area contributed by atoms with E-state index in [4.69, 9.17) is 4.42 Å². The Bertz CT molecular complexity index is 2620. The zero-order chi connectivity index (χ0) is 53.1. The summed E-state index contributed by atoms with van der Waals surface area (Å²) >= 11 is 0. The minimum absolute atomic E-state index is 0.0109. The van der Waals surface area contributed by atoms with E-state index in [1.165, 1.54) is 33.4 Å². The van der Waals surface area contributed by atoms with Crippen LogP contribution in [0, 0.1) is 10.8 Å². The second-order valence-corrected chi connectivity index (χ2v) is 23.9. The Hall–Kier alpha value is -5.68. The number of furan rings is 1. The lowest BCUT2D eigenvalue weighted by atomic mass is 9.37. The summed E-state index contributed by atoms with van der Waals surface area (Å²) in [6.07, 6.45) is 32.4. The number of benzene rings is 2. The maximum atomic E-state index is 7.26. The number of fused-ring (bicyclic) bond motifs is 2. The summed E-state index contributed by atoms with van der Waals surface area (Å²) in [7, 11) is 0. The summed E-state index contributed by atoms with van der Waals surface area (Å²) in [6, 6.07) is 16.0. The molecule has 0 unspecified atom stereocenters. The molecule has 1 aliphatic carbocycles. The molecule has 0 aliphatic heterocycles. The zero-order valence-corrected chi connectivity index (χ0v) is 47.8. The van der Waals surface area contributed by atoms with Gasteiger partial charge in [0, 0.05) is 41.3 Å². The van der Waals surface area contributed by atoms with Crippen LogP contribution in [0.2, 0.25) is 0 Å². The summed E-state index contributed by atoms with van der Waals surface area (Å²) in [6.45, 7) is 52.2. The van der Waals surface area contributed by atoms with E-state index in [1.54, 1.807) is 0 Å². The van der Waals surface area contributed by atoms with Gasteiger partial charge in [0.25, 0.3) is 6.71 Å². The van der Waals surface area contributed by atoms with Crippen molar-refractivity contribution in [2.24, 2.45) is 10.8 Å². The average molecular weight is 954 g/mol. The van der Waals surface area contributed by atoms with Gasteiger partial charge in [0.15, 0.2) is 0 Å². The van der Waals surface area contributed by atoms with E-state index in [0.717, 1.165) is 63.2 Å². The van der Waals surface area contributed by atoms with Crippen LogP contribution in [0.4, 0.5) is 5.69 Å². The highest BCUT2D eigenvalue weighted by Crippen LogP contribution is 2.47. The normalized spacial score (nSPS) is 17.0. The first-order valence-corrected chi connectivity index (χ1v) is 26.1. The third-order valence-electron chi connectivity index (χ3n) is 14.2. The van der Waals surface area contributed by atoms with E-state index < -0.39 is 0 Å². The molecule has 0 fully saturated rings. The summed E-state index contributed by atoms with van der Waals surface area (Å²) in [5.74, 6) is 0. The molecule has 5 heteroatoms. The quantitative estimate of drug-likeness (QED) is 0.0928. The van der Waals surface area contributed by atoms with E-state index in [0.29, 0.717) is 13.1 Å². The van der Waals surface area contributed by atoms with Crippen molar-refractivity contribution in [3.63, 3.8) is 0 Å². The Morgan fingerprint density at radius 3 is 1.90 bits per heavy atom. The number of nitrogens with zero attached hydrogens (tertiary/aromatic N) is 1. The molecule has 3 aromatic rings. The highest BCUT2D eigenvalue weighted by Gasteiger charge is 2.38. The van der Waals surface area contributed by atoms with Crippen LogP contribution < -0.4 is 16.3 Å². The van der Waals surface area contributed by atoms with Gasteiger partial charge in [-0.2, -0.15) is 0 Å². The molecule has 0 saturated carbocycles. The smallest absolute Gasteiger partial charge is 0.287 e. The van der Waals surface area contributed by atoms with Crippen molar-refractivity contribution >= 4 is 29.0 Å². The Labute approximate surface area is 433 Å². The van der Waals surface area contributed by atoms with Crippen molar-refractivity contribution in [2.45, 2.75) is 161 Å². The summed E-state index contributed by atoms with van der Waals surface area (Å²) in [5.41, 5.74) is 15.8. The van der Waals surface area contributed by atoms with Gasteiger partial charge < -0.3 is 20.0 Å². The first-order valence-electron chi connectivity index (χ1n) is 26.1. The minimum atomic E-state index is -0.276. The molecule has 2 aromatic carbocycles. The van der Waals surface area contributed by atoms with Crippen LogP contribution in [-0.4, -0.2) is 24.7 Å². The molecule has 380 valence electrons. The monoisotopic (exact) mass is 954 g/mol. The molecule has 1 aliphatic rings. The molecule has 4 nitrogen and oxygen atoms in total. The molecule has 0 bridgehead atoms. The van der Waals surface area contributed by atoms with Crippen molar-refractivity contribution < 1.29 is 4.42 Å². The van der Waals surface area contributed by atoms with Crippen LogP contribution in [0.3, 0.4) is 0 Å². The molecule has 0 amide bonds. The number of rotatable bonds is 19. The predicted octanol–water partition coefficient (Wildman–Crippen LogP) is 17.8. The van der Waals surface area contributed by atoms with Crippen molar-refractivity contribution in [1.82, 2.24) is 10.2 Å². The number of nitrogens with one attached hydrogen (secondary N) is 2. The standard InChI is InChI=1S/C66H92BN3O/c1-22-28-32-53(26-5)70(41-29-31-47(7)24-3)48(8)42-59(69-52-35-33-50(34-36-52)62(9,10)11)58(46-68-40-37-55(64(15,16)17)54(27-6)63(12,13)14)67(51(25-4)30-23-2)61-44-49-43-56-57(45-60(49)71-61)66(20,21)39-38-65(56,18)19/h22-37,40,42-45,68-69H,5-6,38-39,41,46H2,1-4,7-21H3/b28-22+,30-23-,31-29-,40-37+,47-24-,48-42+,51-25+,53-32+,55-54-,59-58-. The van der Waals surface area contributed by atoms with E-state index >= 15 is 0 Å². The molecule has 71 heavy (non-hydrogen) atoms. The zero-order valence-electron chi connectivity index (χ0n) is 47.8.